The van der Waals surface area contributed by atoms with Crippen LogP contribution >= 0.6 is 0 Å². The topological polar surface area (TPSA) is 140 Å². The van der Waals surface area contributed by atoms with Crippen molar-refractivity contribution < 1.29 is 13.3 Å². The molecule has 1 aromatic rings. The second-order valence-electron chi connectivity index (χ2n) is 5.18. The van der Waals surface area contributed by atoms with Gasteiger partial charge in [-0.1, -0.05) is 13.3 Å². The van der Waals surface area contributed by atoms with Crippen molar-refractivity contribution in [2.24, 2.45) is 10.7 Å². The summed E-state index contributed by atoms with van der Waals surface area (Å²) in [4.78, 5) is 14.5. The lowest BCUT2D eigenvalue weighted by Crippen LogP contribution is -2.35. The van der Waals surface area contributed by atoms with Gasteiger partial charge >= 0.3 is 0 Å². The molecular formula is C14H23N5O4S. The van der Waals surface area contributed by atoms with Crippen molar-refractivity contribution in [1.29, 1.82) is 0 Å². The minimum absolute atomic E-state index is 0.0924. The van der Waals surface area contributed by atoms with E-state index < -0.39 is 14.8 Å². The van der Waals surface area contributed by atoms with E-state index in [-0.39, 0.29) is 16.3 Å². The van der Waals surface area contributed by atoms with Gasteiger partial charge in [0.2, 0.25) is 0 Å². The molecule has 0 radical (unpaired) electrons. The van der Waals surface area contributed by atoms with Crippen LogP contribution in [0.25, 0.3) is 0 Å². The Balaban J connectivity index is 2.65. The average Bonchev–Trinajstić information content (AvgIpc) is 2.50. The number of unbranched alkanes of at least 4 members (excludes halogenated alkanes) is 1. The van der Waals surface area contributed by atoms with E-state index in [0.29, 0.717) is 25.6 Å². The number of aliphatic imine (C=N–C) groups is 1. The number of hydrogen-bond acceptors (Lipinski definition) is 6. The summed E-state index contributed by atoms with van der Waals surface area (Å²) >= 11 is 0. The number of nitrogens with one attached hydrogen (secondary N) is 2. The number of sulfone groups is 1. The Hall–Kier alpha value is -2.36. The number of nitro benzene ring substituents is 1. The molecule has 0 heterocycles. The second kappa shape index (κ2) is 9.06. The van der Waals surface area contributed by atoms with Crippen molar-refractivity contribution in [1.82, 2.24) is 5.32 Å². The third-order valence-corrected chi connectivity index (χ3v) is 4.24. The van der Waals surface area contributed by atoms with Crippen molar-refractivity contribution >= 4 is 27.2 Å². The highest BCUT2D eigenvalue weighted by Crippen LogP contribution is 2.27. The third kappa shape index (κ3) is 6.41. The average molecular weight is 357 g/mol. The Morgan fingerprint density at radius 2 is 2.08 bits per heavy atom. The Morgan fingerprint density at radius 3 is 2.67 bits per heavy atom. The maximum atomic E-state index is 11.5. The van der Waals surface area contributed by atoms with E-state index in [1.165, 1.54) is 12.1 Å². The molecule has 1 rings (SSSR count). The molecule has 0 bridgehead atoms. The highest BCUT2D eigenvalue weighted by molar-refractivity contribution is 7.90. The molecule has 0 aliphatic carbocycles. The first-order valence-electron chi connectivity index (χ1n) is 7.52. The minimum atomic E-state index is -3.50. The maximum Gasteiger partial charge on any atom is 0.293 e. The number of nitrogens with zero attached hydrogens (tertiary/aromatic N) is 2. The molecule has 0 saturated heterocycles. The summed E-state index contributed by atoms with van der Waals surface area (Å²) in [6, 6.07) is 3.76. The molecule has 9 nitrogen and oxygen atoms in total. The highest BCUT2D eigenvalue weighted by Gasteiger charge is 2.18. The number of guanidine groups is 1. The Kier molecular flexibility index (Phi) is 7.43. The van der Waals surface area contributed by atoms with E-state index in [4.69, 9.17) is 5.73 Å². The molecular weight excluding hydrogens is 334 g/mol. The van der Waals surface area contributed by atoms with Crippen LogP contribution in [0.3, 0.4) is 0 Å². The smallest absolute Gasteiger partial charge is 0.293 e. The van der Waals surface area contributed by atoms with Crippen LogP contribution in [0.5, 0.6) is 0 Å². The molecule has 1 aromatic carbocycles. The van der Waals surface area contributed by atoms with Crippen molar-refractivity contribution in [3.63, 3.8) is 0 Å². The summed E-state index contributed by atoms with van der Waals surface area (Å²) in [7, 11) is -3.50. The lowest BCUT2D eigenvalue weighted by molar-refractivity contribution is -0.384. The van der Waals surface area contributed by atoms with E-state index in [0.717, 1.165) is 25.2 Å². The molecule has 0 amide bonds. The fraction of sp³-hybridized carbons (Fsp3) is 0.500. The van der Waals surface area contributed by atoms with Gasteiger partial charge in [0.1, 0.15) is 5.69 Å². The maximum absolute atomic E-state index is 11.5. The van der Waals surface area contributed by atoms with Crippen LogP contribution in [0.4, 0.5) is 11.4 Å². The molecule has 0 fully saturated rings. The number of hydrogen-bond donors (Lipinski definition) is 3. The van der Waals surface area contributed by atoms with Crippen LogP contribution in [0.1, 0.15) is 19.8 Å². The van der Waals surface area contributed by atoms with Crippen LogP contribution in [0, 0.1) is 10.1 Å². The highest BCUT2D eigenvalue weighted by atomic mass is 32.2. The van der Waals surface area contributed by atoms with Gasteiger partial charge in [-0.15, -0.1) is 0 Å². The largest absolute Gasteiger partial charge is 0.378 e. The van der Waals surface area contributed by atoms with Crippen LogP contribution in [-0.4, -0.2) is 45.2 Å². The summed E-state index contributed by atoms with van der Waals surface area (Å²) in [5, 5.41) is 16.9. The van der Waals surface area contributed by atoms with Gasteiger partial charge in [0.25, 0.3) is 5.69 Å². The first-order chi connectivity index (χ1) is 11.3. The van der Waals surface area contributed by atoms with E-state index in [1.807, 2.05) is 0 Å². The standard InChI is InChI=1S/C14H23N5O4S/c1-3-4-7-17-14(15)18-9-8-16-12-6-5-11(24(2,22)23)10-13(12)19(20)21/h5-6,10,16H,3-4,7-9H2,1-2H3,(H3,15,17,18). The Labute approximate surface area is 141 Å². The van der Waals surface area contributed by atoms with Crippen LogP contribution in [0.2, 0.25) is 0 Å². The molecule has 0 saturated carbocycles. The number of nitro groups is 1. The normalized spacial score (nSPS) is 12.0. The van der Waals surface area contributed by atoms with Gasteiger partial charge in [0, 0.05) is 32.0 Å². The van der Waals surface area contributed by atoms with Gasteiger partial charge in [-0.2, -0.15) is 0 Å². The summed E-state index contributed by atoms with van der Waals surface area (Å²) in [5.41, 5.74) is 5.63. The van der Waals surface area contributed by atoms with Crippen molar-refractivity contribution in [2.45, 2.75) is 24.7 Å². The predicted octanol–water partition coefficient (Wildman–Crippen LogP) is 1.11. The van der Waals surface area contributed by atoms with Crippen molar-refractivity contribution in [3.8, 4) is 0 Å². The summed E-state index contributed by atoms with van der Waals surface area (Å²) in [6.45, 7) is 3.50. The fourth-order valence-electron chi connectivity index (χ4n) is 1.84. The Bertz CT molecular complexity index is 703. The Morgan fingerprint density at radius 1 is 1.38 bits per heavy atom. The quantitative estimate of drug-likeness (QED) is 0.198. The van der Waals surface area contributed by atoms with Gasteiger partial charge in [-0.3, -0.25) is 15.1 Å². The molecule has 134 valence electrons. The van der Waals surface area contributed by atoms with Gasteiger partial charge in [-0.25, -0.2) is 8.42 Å². The van der Waals surface area contributed by atoms with Gasteiger partial charge in [0.15, 0.2) is 15.8 Å². The lowest BCUT2D eigenvalue weighted by Gasteiger charge is -2.09. The number of nitrogens with two attached hydrogens (primary N) is 1. The van der Waals surface area contributed by atoms with Crippen LogP contribution in [0.15, 0.2) is 28.1 Å². The molecule has 0 atom stereocenters. The van der Waals surface area contributed by atoms with Crippen LogP contribution < -0.4 is 16.4 Å². The van der Waals surface area contributed by atoms with Gasteiger partial charge in [0.05, 0.1) is 9.82 Å². The van der Waals surface area contributed by atoms with Crippen molar-refractivity contribution in [2.75, 3.05) is 31.2 Å². The number of anilines is 1. The first kappa shape index (κ1) is 19.7. The second-order valence-corrected chi connectivity index (χ2v) is 7.20. The zero-order chi connectivity index (χ0) is 18.2. The van der Waals surface area contributed by atoms with E-state index in [1.54, 1.807) is 0 Å². The molecule has 4 N–H and O–H groups in total. The molecule has 0 aliphatic heterocycles. The SMILES string of the molecule is CCCCN=C(N)NCCNc1ccc(S(C)(=O)=O)cc1[N+](=O)[O-]. The summed E-state index contributed by atoms with van der Waals surface area (Å²) in [6.07, 6.45) is 2.99. The van der Waals surface area contributed by atoms with Gasteiger partial charge < -0.3 is 16.4 Å². The molecule has 0 unspecified atom stereocenters. The minimum Gasteiger partial charge on any atom is -0.378 e. The van der Waals surface area contributed by atoms with Crippen molar-refractivity contribution in [3.05, 3.63) is 28.3 Å². The zero-order valence-corrected chi connectivity index (χ0v) is 14.6. The van der Waals surface area contributed by atoms with Gasteiger partial charge in [-0.05, 0) is 18.6 Å². The third-order valence-electron chi connectivity index (χ3n) is 3.13. The number of benzene rings is 1. The first-order valence-corrected chi connectivity index (χ1v) is 9.41. The number of rotatable bonds is 9. The molecule has 0 spiro atoms. The van der Waals surface area contributed by atoms with Crippen LogP contribution in [-0.2, 0) is 9.84 Å². The zero-order valence-electron chi connectivity index (χ0n) is 13.8. The van der Waals surface area contributed by atoms with E-state index in [2.05, 4.69) is 22.5 Å². The lowest BCUT2D eigenvalue weighted by atomic mass is 10.2. The summed E-state index contributed by atoms with van der Waals surface area (Å²) < 4.78 is 23.0. The monoisotopic (exact) mass is 357 g/mol. The predicted molar refractivity (Wildman–Crippen MR) is 94.1 cm³/mol. The molecule has 10 heteroatoms. The van der Waals surface area contributed by atoms with E-state index in [9.17, 15) is 18.5 Å². The molecule has 0 aliphatic rings. The molecule has 0 aromatic heterocycles. The fourth-order valence-corrected chi connectivity index (χ4v) is 2.48. The van der Waals surface area contributed by atoms with E-state index >= 15 is 0 Å². The molecule has 24 heavy (non-hydrogen) atoms. The summed E-state index contributed by atoms with van der Waals surface area (Å²) in [5.74, 6) is 0.326.